The third-order valence-electron chi connectivity index (χ3n) is 3.24. The van der Waals surface area contributed by atoms with Gasteiger partial charge in [0, 0.05) is 28.3 Å². The zero-order chi connectivity index (χ0) is 12.4. The number of likely N-dealkylation sites (tertiary alicyclic amines) is 1. The van der Waals surface area contributed by atoms with E-state index in [1.54, 1.807) is 0 Å². The van der Waals surface area contributed by atoms with E-state index in [0.717, 1.165) is 34.1 Å². The Balaban J connectivity index is 2.22. The number of halogens is 1. The lowest BCUT2D eigenvalue weighted by molar-refractivity contribution is 0.0708. The van der Waals surface area contributed by atoms with Gasteiger partial charge in [-0.3, -0.25) is 4.79 Å². The lowest BCUT2D eigenvalue weighted by Gasteiger charge is -2.31. The summed E-state index contributed by atoms with van der Waals surface area (Å²) in [5, 5.41) is 0. The maximum atomic E-state index is 12.4. The monoisotopic (exact) mass is 344 g/mol. The van der Waals surface area contributed by atoms with E-state index < -0.39 is 0 Å². The Morgan fingerprint density at radius 2 is 2.29 bits per heavy atom. The molecule has 2 rings (SSSR count). The van der Waals surface area contributed by atoms with Gasteiger partial charge >= 0.3 is 0 Å². The molecule has 1 heterocycles. The number of hydrogen-bond acceptors (Lipinski definition) is 2. The predicted molar refractivity (Wildman–Crippen MR) is 77.0 cm³/mol. The maximum absolute atomic E-state index is 12.4. The lowest BCUT2D eigenvalue weighted by Crippen LogP contribution is -2.45. The molecule has 92 valence electrons. The van der Waals surface area contributed by atoms with Crippen LogP contribution in [0.3, 0.4) is 0 Å². The van der Waals surface area contributed by atoms with Gasteiger partial charge in [0.2, 0.25) is 0 Å². The molecule has 0 bridgehead atoms. The Hall–Kier alpha value is -0.620. The topological polar surface area (TPSA) is 46.3 Å². The van der Waals surface area contributed by atoms with E-state index >= 15 is 0 Å². The molecule has 0 radical (unpaired) electrons. The maximum Gasteiger partial charge on any atom is 0.254 e. The number of amides is 1. The first-order chi connectivity index (χ1) is 8.09. The Bertz CT molecular complexity index is 433. The molecule has 17 heavy (non-hydrogen) atoms. The van der Waals surface area contributed by atoms with Gasteiger partial charge in [-0.15, -0.1) is 0 Å². The van der Waals surface area contributed by atoms with Gasteiger partial charge in [0.15, 0.2) is 0 Å². The standard InChI is InChI=1S/C13H17IN2O/c1-9-11(5-2-6-12(9)14)13(17)16-7-3-4-10(15)8-16/h2,5-6,10H,3-4,7-8,15H2,1H3. The minimum absolute atomic E-state index is 0.121. The number of piperidine rings is 1. The molecular weight excluding hydrogens is 327 g/mol. The second-order valence-electron chi connectivity index (χ2n) is 4.57. The molecule has 1 aliphatic heterocycles. The summed E-state index contributed by atoms with van der Waals surface area (Å²) in [5.74, 6) is 0.121. The minimum atomic E-state index is 0.121. The highest BCUT2D eigenvalue weighted by atomic mass is 127. The van der Waals surface area contributed by atoms with Crippen molar-refractivity contribution in [2.24, 2.45) is 5.73 Å². The van der Waals surface area contributed by atoms with Gasteiger partial charge in [-0.1, -0.05) is 6.07 Å². The zero-order valence-electron chi connectivity index (χ0n) is 9.95. The van der Waals surface area contributed by atoms with E-state index in [4.69, 9.17) is 5.73 Å². The third kappa shape index (κ3) is 2.80. The van der Waals surface area contributed by atoms with Crippen LogP contribution in [-0.2, 0) is 0 Å². The van der Waals surface area contributed by atoms with E-state index in [2.05, 4.69) is 22.6 Å². The van der Waals surface area contributed by atoms with Crippen LogP contribution in [0.5, 0.6) is 0 Å². The molecule has 1 atom stereocenters. The third-order valence-corrected chi connectivity index (χ3v) is 4.41. The van der Waals surface area contributed by atoms with Gasteiger partial charge in [-0.05, 0) is 60.1 Å². The summed E-state index contributed by atoms with van der Waals surface area (Å²) in [6, 6.07) is 6.00. The lowest BCUT2D eigenvalue weighted by atomic mass is 10.0. The predicted octanol–water partition coefficient (Wildman–Crippen LogP) is 2.16. The van der Waals surface area contributed by atoms with Crippen LogP contribution in [0.4, 0.5) is 0 Å². The fourth-order valence-electron chi connectivity index (χ4n) is 2.20. The van der Waals surface area contributed by atoms with Crippen LogP contribution in [0.2, 0.25) is 0 Å². The summed E-state index contributed by atoms with van der Waals surface area (Å²) in [4.78, 5) is 14.3. The fourth-order valence-corrected chi connectivity index (χ4v) is 2.70. The van der Waals surface area contributed by atoms with Crippen molar-refractivity contribution >= 4 is 28.5 Å². The van der Waals surface area contributed by atoms with Crippen LogP contribution >= 0.6 is 22.6 Å². The molecule has 1 fully saturated rings. The molecule has 1 amide bonds. The van der Waals surface area contributed by atoms with Crippen molar-refractivity contribution in [2.45, 2.75) is 25.8 Å². The average molecular weight is 344 g/mol. The van der Waals surface area contributed by atoms with E-state index in [1.165, 1.54) is 0 Å². The van der Waals surface area contributed by atoms with Gasteiger partial charge in [-0.25, -0.2) is 0 Å². The summed E-state index contributed by atoms with van der Waals surface area (Å²) in [6.45, 7) is 3.51. The van der Waals surface area contributed by atoms with Gasteiger partial charge in [-0.2, -0.15) is 0 Å². The Morgan fingerprint density at radius 3 is 3.00 bits per heavy atom. The van der Waals surface area contributed by atoms with Gasteiger partial charge < -0.3 is 10.6 Å². The molecule has 1 aromatic carbocycles. The highest BCUT2D eigenvalue weighted by Crippen LogP contribution is 2.19. The number of hydrogen-bond donors (Lipinski definition) is 1. The molecule has 2 N–H and O–H groups in total. The second kappa shape index (κ2) is 5.35. The van der Waals surface area contributed by atoms with Crippen molar-refractivity contribution < 1.29 is 4.79 Å². The second-order valence-corrected chi connectivity index (χ2v) is 5.73. The molecule has 0 spiro atoms. The minimum Gasteiger partial charge on any atom is -0.337 e. The van der Waals surface area contributed by atoms with E-state index in [1.807, 2.05) is 30.0 Å². The van der Waals surface area contributed by atoms with Gasteiger partial charge in [0.25, 0.3) is 5.91 Å². The average Bonchev–Trinajstić information content (AvgIpc) is 2.32. The highest BCUT2D eigenvalue weighted by Gasteiger charge is 2.23. The first-order valence-electron chi connectivity index (χ1n) is 5.89. The molecule has 1 aromatic rings. The summed E-state index contributed by atoms with van der Waals surface area (Å²) in [5.41, 5.74) is 7.79. The van der Waals surface area contributed by atoms with Crippen LogP contribution in [0, 0.1) is 10.5 Å². The van der Waals surface area contributed by atoms with E-state index in [0.29, 0.717) is 6.54 Å². The van der Waals surface area contributed by atoms with E-state index in [9.17, 15) is 4.79 Å². The largest absolute Gasteiger partial charge is 0.337 e. The number of carbonyl (C=O) groups excluding carboxylic acids is 1. The number of nitrogens with two attached hydrogens (primary N) is 1. The van der Waals surface area contributed by atoms with Crippen molar-refractivity contribution in [2.75, 3.05) is 13.1 Å². The van der Waals surface area contributed by atoms with Crippen molar-refractivity contribution in [1.29, 1.82) is 0 Å². The molecular formula is C13H17IN2O. The SMILES string of the molecule is Cc1c(I)cccc1C(=O)N1CCCC(N)C1. The molecule has 4 heteroatoms. The number of benzene rings is 1. The fraction of sp³-hybridized carbons (Fsp3) is 0.462. The number of carbonyl (C=O) groups is 1. The van der Waals surface area contributed by atoms with Crippen molar-refractivity contribution in [1.82, 2.24) is 4.90 Å². The normalized spacial score (nSPS) is 20.4. The molecule has 1 aliphatic rings. The van der Waals surface area contributed by atoms with Crippen LogP contribution < -0.4 is 5.73 Å². The van der Waals surface area contributed by atoms with Crippen molar-refractivity contribution in [3.05, 3.63) is 32.9 Å². The molecule has 0 aliphatic carbocycles. The van der Waals surface area contributed by atoms with E-state index in [-0.39, 0.29) is 11.9 Å². The Kier molecular flexibility index (Phi) is 4.04. The van der Waals surface area contributed by atoms with Crippen LogP contribution in [0.25, 0.3) is 0 Å². The molecule has 1 unspecified atom stereocenters. The van der Waals surface area contributed by atoms with Crippen LogP contribution in [0.1, 0.15) is 28.8 Å². The Labute approximate surface area is 116 Å². The van der Waals surface area contributed by atoms with Crippen molar-refractivity contribution in [3.63, 3.8) is 0 Å². The quantitative estimate of drug-likeness (QED) is 0.794. The molecule has 1 saturated heterocycles. The highest BCUT2D eigenvalue weighted by molar-refractivity contribution is 14.1. The first-order valence-corrected chi connectivity index (χ1v) is 6.97. The first kappa shape index (κ1) is 12.8. The summed E-state index contributed by atoms with van der Waals surface area (Å²) < 4.78 is 1.13. The zero-order valence-corrected chi connectivity index (χ0v) is 12.1. The summed E-state index contributed by atoms with van der Waals surface area (Å²) in [7, 11) is 0. The number of rotatable bonds is 1. The summed E-state index contributed by atoms with van der Waals surface area (Å²) >= 11 is 2.26. The Morgan fingerprint density at radius 1 is 1.53 bits per heavy atom. The molecule has 0 aromatic heterocycles. The van der Waals surface area contributed by atoms with Gasteiger partial charge in [0.05, 0.1) is 0 Å². The number of nitrogens with zero attached hydrogens (tertiary/aromatic N) is 1. The van der Waals surface area contributed by atoms with Crippen LogP contribution in [-0.4, -0.2) is 29.9 Å². The van der Waals surface area contributed by atoms with Crippen molar-refractivity contribution in [3.8, 4) is 0 Å². The van der Waals surface area contributed by atoms with Crippen LogP contribution in [0.15, 0.2) is 18.2 Å². The smallest absolute Gasteiger partial charge is 0.254 e. The molecule has 3 nitrogen and oxygen atoms in total. The summed E-state index contributed by atoms with van der Waals surface area (Å²) in [6.07, 6.45) is 2.03. The molecule has 0 saturated carbocycles. The van der Waals surface area contributed by atoms with Gasteiger partial charge in [0.1, 0.15) is 0 Å².